The normalized spacial score (nSPS) is 19.3. The first-order valence-corrected chi connectivity index (χ1v) is 17.5. The Morgan fingerprint density at radius 1 is 0.723 bits per heavy atom. The van der Waals surface area contributed by atoms with E-state index in [0.717, 1.165) is 36.8 Å². The summed E-state index contributed by atoms with van der Waals surface area (Å²) >= 11 is 0. The predicted molar refractivity (Wildman–Crippen MR) is 207 cm³/mol. The number of hydrogen-bond donors (Lipinski definition) is 0. The number of carbonyl (C=O) groups is 2. The second kappa shape index (κ2) is 21.4. The van der Waals surface area contributed by atoms with Crippen LogP contribution in [0.25, 0.3) is 0 Å². The highest BCUT2D eigenvalue weighted by Crippen LogP contribution is 2.44. The molecule has 0 fully saturated rings. The fourth-order valence-electron chi connectivity index (χ4n) is 6.10. The van der Waals surface area contributed by atoms with E-state index in [2.05, 4.69) is 121 Å². The van der Waals surface area contributed by atoms with Crippen LogP contribution in [0.1, 0.15) is 121 Å². The molecule has 0 amide bonds. The topological polar surface area (TPSA) is 34.1 Å². The molecule has 2 nitrogen and oxygen atoms in total. The van der Waals surface area contributed by atoms with Gasteiger partial charge in [0.15, 0.2) is 5.78 Å². The summed E-state index contributed by atoms with van der Waals surface area (Å²) < 4.78 is 0. The van der Waals surface area contributed by atoms with Crippen molar-refractivity contribution < 1.29 is 9.59 Å². The minimum Gasteiger partial charge on any atom is -0.300 e. The fourth-order valence-corrected chi connectivity index (χ4v) is 6.10. The highest BCUT2D eigenvalue weighted by atomic mass is 16.1. The van der Waals surface area contributed by atoms with Gasteiger partial charge in [-0.15, -0.1) is 0 Å². The van der Waals surface area contributed by atoms with Crippen molar-refractivity contribution in [3.05, 3.63) is 131 Å². The summed E-state index contributed by atoms with van der Waals surface area (Å²) in [6.45, 7) is 23.4. The van der Waals surface area contributed by atoms with Crippen LogP contribution in [-0.2, 0) is 9.59 Å². The Hall–Kier alpha value is -3.52. The number of allylic oxidation sites excluding steroid dienone is 22. The lowest BCUT2D eigenvalue weighted by Gasteiger charge is -2.39. The van der Waals surface area contributed by atoms with Crippen LogP contribution in [0.3, 0.4) is 0 Å². The lowest BCUT2D eigenvalue weighted by Crippen LogP contribution is -2.28. The maximum Gasteiger partial charge on any atom is 0.161 e. The number of hydrogen-bond acceptors (Lipinski definition) is 2. The first kappa shape index (κ1) is 41.5. The van der Waals surface area contributed by atoms with E-state index >= 15 is 0 Å². The summed E-state index contributed by atoms with van der Waals surface area (Å²) in [5.74, 6) is 0.907. The van der Waals surface area contributed by atoms with Crippen LogP contribution in [0.2, 0.25) is 0 Å². The van der Waals surface area contributed by atoms with E-state index in [1.54, 1.807) is 13.0 Å². The van der Waals surface area contributed by atoms with Gasteiger partial charge < -0.3 is 4.79 Å². The molecule has 0 aromatic heterocycles. The van der Waals surface area contributed by atoms with Gasteiger partial charge >= 0.3 is 0 Å². The van der Waals surface area contributed by atoms with Crippen LogP contribution in [0, 0.1) is 16.7 Å². The minimum absolute atomic E-state index is 0.146. The smallest absolute Gasteiger partial charge is 0.161 e. The lowest BCUT2D eigenvalue weighted by molar-refractivity contribution is -0.122. The number of rotatable bonds is 18. The van der Waals surface area contributed by atoms with E-state index in [1.807, 2.05) is 39.0 Å². The monoisotopic (exact) mass is 636 g/mol. The molecule has 0 radical (unpaired) electrons. The summed E-state index contributed by atoms with van der Waals surface area (Å²) in [5.41, 5.74) is 7.52. The molecule has 0 aromatic rings. The molecule has 0 spiro atoms. The minimum atomic E-state index is -0.384. The standard InChI is InChI=1S/C45H64O2/c1-35(22-14-12-15-25-38(4)34-40(6)43-39(5)28-21-33-45(43,10)11)23-17-18-24-36(2)26-20-27-37(3)30-31-42(47)44(8,9)32-19-13-16-29-41(7)46/h12,14-15,17-18,20,22-28,30-31,34,43H,13,16,19,21,29,32-33H2,1-11H3. The van der Waals surface area contributed by atoms with Crippen molar-refractivity contribution in [3.8, 4) is 0 Å². The first-order valence-electron chi connectivity index (χ1n) is 17.5. The molecule has 0 aliphatic heterocycles. The maximum absolute atomic E-state index is 12.7. The zero-order chi connectivity index (χ0) is 35.5. The van der Waals surface area contributed by atoms with E-state index in [-0.39, 0.29) is 17.0 Å². The van der Waals surface area contributed by atoms with Crippen LogP contribution in [0.15, 0.2) is 131 Å². The molecule has 1 aliphatic rings. The maximum atomic E-state index is 12.7. The van der Waals surface area contributed by atoms with Crippen molar-refractivity contribution in [2.24, 2.45) is 16.7 Å². The molecule has 47 heavy (non-hydrogen) atoms. The average Bonchev–Trinajstić information content (AvgIpc) is 2.96. The molecule has 0 bridgehead atoms. The van der Waals surface area contributed by atoms with Crippen molar-refractivity contribution in [1.82, 2.24) is 0 Å². The molecule has 2 heteroatoms. The second-order valence-electron chi connectivity index (χ2n) is 14.8. The van der Waals surface area contributed by atoms with Gasteiger partial charge in [0.1, 0.15) is 5.78 Å². The zero-order valence-electron chi connectivity index (χ0n) is 31.6. The largest absolute Gasteiger partial charge is 0.300 e. The van der Waals surface area contributed by atoms with E-state index in [1.165, 1.54) is 35.1 Å². The van der Waals surface area contributed by atoms with E-state index in [9.17, 15) is 9.59 Å². The highest BCUT2D eigenvalue weighted by molar-refractivity contribution is 5.94. The molecular weight excluding hydrogens is 572 g/mol. The third-order valence-electron chi connectivity index (χ3n) is 8.89. The molecule has 0 saturated carbocycles. The Kier molecular flexibility index (Phi) is 18.9. The molecule has 1 aliphatic carbocycles. The average molecular weight is 637 g/mol. The molecule has 0 heterocycles. The van der Waals surface area contributed by atoms with Crippen LogP contribution in [0.5, 0.6) is 0 Å². The summed E-state index contributed by atoms with van der Waals surface area (Å²) in [6, 6.07) is 0. The molecule has 256 valence electrons. The lowest BCUT2D eigenvalue weighted by atomic mass is 9.66. The van der Waals surface area contributed by atoms with Crippen LogP contribution in [0.4, 0.5) is 0 Å². The van der Waals surface area contributed by atoms with Crippen LogP contribution in [-0.4, -0.2) is 11.6 Å². The molecule has 1 rings (SSSR count). The highest BCUT2D eigenvalue weighted by Gasteiger charge is 2.33. The summed E-state index contributed by atoms with van der Waals surface area (Å²) in [7, 11) is 0. The van der Waals surface area contributed by atoms with Crippen molar-refractivity contribution in [2.45, 2.75) is 121 Å². The van der Waals surface area contributed by atoms with Gasteiger partial charge in [-0.25, -0.2) is 0 Å². The third kappa shape index (κ3) is 17.8. The van der Waals surface area contributed by atoms with Gasteiger partial charge in [-0.1, -0.05) is 165 Å². The van der Waals surface area contributed by atoms with Gasteiger partial charge in [0.2, 0.25) is 0 Å². The Labute approximate surface area is 289 Å². The van der Waals surface area contributed by atoms with Crippen molar-refractivity contribution in [1.29, 1.82) is 0 Å². The van der Waals surface area contributed by atoms with E-state index in [0.29, 0.717) is 17.8 Å². The predicted octanol–water partition coefficient (Wildman–Crippen LogP) is 13.0. The van der Waals surface area contributed by atoms with Gasteiger partial charge in [0, 0.05) is 17.8 Å². The molecular formula is C45H64O2. The summed E-state index contributed by atoms with van der Waals surface area (Å²) in [5, 5.41) is 0. The summed E-state index contributed by atoms with van der Waals surface area (Å²) in [6.07, 6.45) is 40.1. The Morgan fingerprint density at radius 3 is 1.89 bits per heavy atom. The molecule has 0 N–H and O–H groups in total. The fraction of sp³-hybridized carbons (Fsp3) is 0.467. The molecule has 0 aromatic carbocycles. The molecule has 1 atom stereocenters. The first-order chi connectivity index (χ1) is 22.0. The summed E-state index contributed by atoms with van der Waals surface area (Å²) in [4.78, 5) is 23.8. The van der Waals surface area contributed by atoms with Gasteiger partial charge in [-0.3, -0.25) is 4.79 Å². The number of ketones is 2. The SMILES string of the molecule is CC(=O)CCCCCC(C)(C)C(=O)C=CC(C)=CC=CC(C)=CC=CC=C(C)C=CC=CC=C(C)C=C(C)C1C(C)=CCCC1(C)C. The van der Waals surface area contributed by atoms with Gasteiger partial charge in [-0.05, 0) is 85.6 Å². The van der Waals surface area contributed by atoms with Crippen molar-refractivity contribution in [3.63, 3.8) is 0 Å². The van der Waals surface area contributed by atoms with Crippen LogP contribution >= 0.6 is 0 Å². The number of unbranched alkanes of at least 4 members (excludes halogenated alkanes) is 2. The number of carbonyl (C=O) groups excluding carboxylic acids is 2. The quantitative estimate of drug-likeness (QED) is 0.0649. The van der Waals surface area contributed by atoms with Crippen LogP contribution < -0.4 is 0 Å². The van der Waals surface area contributed by atoms with Gasteiger partial charge in [0.25, 0.3) is 0 Å². The Balaban J connectivity index is 2.58. The van der Waals surface area contributed by atoms with Gasteiger partial charge in [-0.2, -0.15) is 0 Å². The second-order valence-corrected chi connectivity index (χ2v) is 14.8. The molecule has 0 saturated heterocycles. The van der Waals surface area contributed by atoms with Crippen molar-refractivity contribution >= 4 is 11.6 Å². The number of Topliss-reactive ketones (excluding diaryl/α,β-unsaturated/α-hetero) is 1. The third-order valence-corrected chi connectivity index (χ3v) is 8.89. The van der Waals surface area contributed by atoms with E-state index < -0.39 is 0 Å². The van der Waals surface area contributed by atoms with Crippen molar-refractivity contribution in [2.75, 3.05) is 0 Å². The zero-order valence-corrected chi connectivity index (χ0v) is 31.6. The van der Waals surface area contributed by atoms with Gasteiger partial charge in [0.05, 0.1) is 0 Å². The van der Waals surface area contributed by atoms with E-state index in [4.69, 9.17) is 0 Å². The molecule has 1 unspecified atom stereocenters. The Morgan fingerprint density at radius 2 is 1.28 bits per heavy atom. The Bertz CT molecular complexity index is 1380.